The molecule has 1 N–H and O–H groups in total. The highest BCUT2D eigenvalue weighted by atomic mass is 16.5. The largest absolute Gasteiger partial charge is 0.489 e. The van der Waals surface area contributed by atoms with Crippen LogP contribution in [0.2, 0.25) is 0 Å². The van der Waals surface area contributed by atoms with Gasteiger partial charge in [-0.2, -0.15) is 5.10 Å². The Labute approximate surface area is 162 Å². The lowest BCUT2D eigenvalue weighted by atomic mass is 10.1. The Morgan fingerprint density at radius 1 is 0.929 bits per heavy atom. The van der Waals surface area contributed by atoms with Crippen LogP contribution in [0.5, 0.6) is 5.75 Å². The number of benzene rings is 3. The number of hydrogen-bond acceptors (Lipinski definition) is 3. The summed E-state index contributed by atoms with van der Waals surface area (Å²) in [5.41, 5.74) is 3.68. The summed E-state index contributed by atoms with van der Waals surface area (Å²) in [6.45, 7) is 0.497. The monoisotopic (exact) mass is 370 g/mol. The van der Waals surface area contributed by atoms with Crippen molar-refractivity contribution in [1.29, 1.82) is 0 Å². The maximum atomic E-state index is 11.2. The van der Waals surface area contributed by atoms with Crippen LogP contribution in [-0.2, 0) is 6.61 Å². The van der Waals surface area contributed by atoms with Gasteiger partial charge in [0, 0.05) is 17.8 Å². The van der Waals surface area contributed by atoms with Crippen molar-refractivity contribution >= 4 is 5.97 Å². The van der Waals surface area contributed by atoms with E-state index < -0.39 is 5.97 Å². The topological polar surface area (TPSA) is 64.3 Å². The van der Waals surface area contributed by atoms with Crippen LogP contribution in [0.4, 0.5) is 0 Å². The highest BCUT2D eigenvalue weighted by molar-refractivity contribution is 5.89. The molecule has 5 heteroatoms. The normalized spacial score (nSPS) is 10.6. The molecule has 4 rings (SSSR count). The van der Waals surface area contributed by atoms with Gasteiger partial charge in [0.15, 0.2) is 0 Å². The second kappa shape index (κ2) is 7.80. The molecule has 0 saturated heterocycles. The fraction of sp³-hybridized carbons (Fsp3) is 0.0435. The minimum absolute atomic E-state index is 0.239. The number of rotatable bonds is 6. The van der Waals surface area contributed by atoms with E-state index in [4.69, 9.17) is 9.84 Å². The van der Waals surface area contributed by atoms with Crippen molar-refractivity contribution in [2.75, 3.05) is 0 Å². The number of aromatic nitrogens is 2. The Hall–Kier alpha value is -3.86. The number of carboxylic acid groups (broad SMARTS) is 1. The highest BCUT2D eigenvalue weighted by Gasteiger charge is 2.08. The van der Waals surface area contributed by atoms with Gasteiger partial charge in [0.05, 0.1) is 16.9 Å². The van der Waals surface area contributed by atoms with E-state index in [1.54, 1.807) is 22.9 Å². The molecule has 0 fully saturated rings. The van der Waals surface area contributed by atoms with Crippen LogP contribution in [-0.4, -0.2) is 20.9 Å². The molecule has 0 spiro atoms. The number of carboxylic acids is 1. The molecule has 0 saturated carbocycles. The molecular weight excluding hydrogens is 352 g/mol. The Bertz CT molecular complexity index is 1100. The van der Waals surface area contributed by atoms with E-state index in [9.17, 15) is 4.79 Å². The molecule has 138 valence electrons. The van der Waals surface area contributed by atoms with E-state index in [0.29, 0.717) is 12.3 Å². The summed E-state index contributed by atoms with van der Waals surface area (Å²) >= 11 is 0. The smallest absolute Gasteiger partial charge is 0.335 e. The third-order valence-corrected chi connectivity index (χ3v) is 4.32. The van der Waals surface area contributed by atoms with Gasteiger partial charge in [-0.3, -0.25) is 0 Å². The fourth-order valence-corrected chi connectivity index (χ4v) is 2.89. The zero-order valence-corrected chi connectivity index (χ0v) is 15.0. The molecule has 0 atom stereocenters. The average molecular weight is 370 g/mol. The molecule has 4 aromatic rings. The second-order valence-electron chi connectivity index (χ2n) is 6.30. The van der Waals surface area contributed by atoms with Gasteiger partial charge in [-0.15, -0.1) is 0 Å². The van der Waals surface area contributed by atoms with Crippen molar-refractivity contribution in [1.82, 2.24) is 9.78 Å². The van der Waals surface area contributed by atoms with Crippen LogP contribution in [0.25, 0.3) is 16.9 Å². The minimum atomic E-state index is -0.954. The molecule has 0 amide bonds. The van der Waals surface area contributed by atoms with Gasteiger partial charge in [0.25, 0.3) is 0 Å². The molecule has 0 aliphatic rings. The van der Waals surface area contributed by atoms with Crippen molar-refractivity contribution in [2.45, 2.75) is 6.61 Å². The van der Waals surface area contributed by atoms with Crippen LogP contribution >= 0.6 is 0 Å². The Morgan fingerprint density at radius 2 is 1.75 bits per heavy atom. The van der Waals surface area contributed by atoms with E-state index in [1.807, 2.05) is 72.9 Å². The van der Waals surface area contributed by atoms with Crippen molar-refractivity contribution < 1.29 is 14.6 Å². The Kier molecular flexibility index (Phi) is 4.89. The van der Waals surface area contributed by atoms with Crippen molar-refractivity contribution in [3.05, 3.63) is 102 Å². The fourth-order valence-electron chi connectivity index (χ4n) is 2.89. The minimum Gasteiger partial charge on any atom is -0.489 e. The number of nitrogens with zero attached hydrogens (tertiary/aromatic N) is 2. The summed E-state index contributed by atoms with van der Waals surface area (Å²) in [6.07, 6.45) is 1.85. The molecule has 0 aliphatic carbocycles. The lowest BCUT2D eigenvalue weighted by Crippen LogP contribution is -1.99. The lowest BCUT2D eigenvalue weighted by Gasteiger charge is -2.08. The molecule has 0 unspecified atom stereocenters. The zero-order chi connectivity index (χ0) is 19.3. The highest BCUT2D eigenvalue weighted by Crippen LogP contribution is 2.22. The molecule has 1 heterocycles. The van der Waals surface area contributed by atoms with E-state index >= 15 is 0 Å². The van der Waals surface area contributed by atoms with E-state index in [0.717, 1.165) is 22.6 Å². The number of hydrogen-bond donors (Lipinski definition) is 1. The first-order valence-corrected chi connectivity index (χ1v) is 8.85. The predicted octanol–water partition coefficient (Wildman–Crippen LogP) is 4.82. The van der Waals surface area contributed by atoms with Gasteiger partial charge < -0.3 is 9.84 Å². The second-order valence-corrected chi connectivity index (χ2v) is 6.30. The number of ether oxygens (including phenoxy) is 1. The van der Waals surface area contributed by atoms with Crippen molar-refractivity contribution in [3.63, 3.8) is 0 Å². The Morgan fingerprint density at radius 3 is 2.57 bits per heavy atom. The molecular formula is C23H18N2O3. The summed E-state index contributed by atoms with van der Waals surface area (Å²) < 4.78 is 7.63. The van der Waals surface area contributed by atoms with Gasteiger partial charge in [0.2, 0.25) is 0 Å². The van der Waals surface area contributed by atoms with E-state index in [1.165, 1.54) is 0 Å². The standard InChI is InChI=1S/C23H18N2O3/c26-23(27)19-9-4-8-18(14-19)22-12-13-25(24-22)20-10-5-11-21(15-20)28-16-17-6-2-1-3-7-17/h1-15H,16H2,(H,26,27). The molecule has 5 nitrogen and oxygen atoms in total. The van der Waals surface area contributed by atoms with Gasteiger partial charge in [-0.1, -0.05) is 48.5 Å². The molecule has 0 bridgehead atoms. The van der Waals surface area contributed by atoms with Crippen LogP contribution in [0, 0.1) is 0 Å². The summed E-state index contributed by atoms with van der Waals surface area (Å²) in [4.78, 5) is 11.2. The SMILES string of the molecule is O=C(O)c1cccc(-c2ccn(-c3cccc(OCc4ccccc4)c3)n2)c1. The summed E-state index contributed by atoms with van der Waals surface area (Å²) in [5, 5.41) is 13.7. The van der Waals surface area contributed by atoms with Gasteiger partial charge in [0.1, 0.15) is 12.4 Å². The molecule has 0 radical (unpaired) electrons. The van der Waals surface area contributed by atoms with Gasteiger partial charge in [-0.05, 0) is 35.9 Å². The summed E-state index contributed by atoms with van der Waals surface area (Å²) in [5.74, 6) is -0.198. The van der Waals surface area contributed by atoms with Crippen LogP contribution in [0.1, 0.15) is 15.9 Å². The molecule has 0 aliphatic heterocycles. The maximum Gasteiger partial charge on any atom is 0.335 e. The van der Waals surface area contributed by atoms with Crippen molar-refractivity contribution in [2.24, 2.45) is 0 Å². The summed E-state index contributed by atoms with van der Waals surface area (Å²) in [7, 11) is 0. The number of aromatic carboxylic acids is 1. The zero-order valence-electron chi connectivity index (χ0n) is 15.0. The van der Waals surface area contributed by atoms with E-state index in [-0.39, 0.29) is 5.56 Å². The quantitative estimate of drug-likeness (QED) is 0.529. The maximum absolute atomic E-state index is 11.2. The first kappa shape index (κ1) is 17.5. The van der Waals surface area contributed by atoms with Gasteiger partial charge >= 0.3 is 5.97 Å². The van der Waals surface area contributed by atoms with Crippen LogP contribution in [0.3, 0.4) is 0 Å². The first-order chi connectivity index (χ1) is 13.7. The lowest BCUT2D eigenvalue weighted by molar-refractivity contribution is 0.0697. The third-order valence-electron chi connectivity index (χ3n) is 4.32. The molecule has 28 heavy (non-hydrogen) atoms. The predicted molar refractivity (Wildman–Crippen MR) is 107 cm³/mol. The summed E-state index contributed by atoms with van der Waals surface area (Å²) in [6, 6.07) is 26.3. The number of carbonyl (C=O) groups is 1. The molecule has 1 aromatic heterocycles. The van der Waals surface area contributed by atoms with Crippen molar-refractivity contribution in [3.8, 4) is 22.7 Å². The Balaban J connectivity index is 1.54. The average Bonchev–Trinajstić information content (AvgIpc) is 3.24. The van der Waals surface area contributed by atoms with Gasteiger partial charge in [-0.25, -0.2) is 9.48 Å². The third kappa shape index (κ3) is 3.94. The van der Waals surface area contributed by atoms with Crippen LogP contribution in [0.15, 0.2) is 91.1 Å². The molecule has 3 aromatic carbocycles. The van der Waals surface area contributed by atoms with Crippen LogP contribution < -0.4 is 4.74 Å². The van der Waals surface area contributed by atoms with E-state index in [2.05, 4.69) is 5.10 Å². The first-order valence-electron chi connectivity index (χ1n) is 8.85.